The van der Waals surface area contributed by atoms with Gasteiger partial charge in [-0.3, -0.25) is 9.59 Å². The number of nitrogens with one attached hydrogen (secondary N) is 1. The summed E-state index contributed by atoms with van der Waals surface area (Å²) in [4.78, 5) is 32.8. The lowest BCUT2D eigenvalue weighted by Crippen LogP contribution is -2.43. The van der Waals surface area contributed by atoms with Crippen molar-refractivity contribution in [3.8, 4) is 5.75 Å². The predicted octanol–water partition coefficient (Wildman–Crippen LogP) is 2.40. The minimum Gasteiger partial charge on any atom is -0.484 e. The lowest BCUT2D eigenvalue weighted by molar-refractivity contribution is -0.136. The minimum atomic E-state index is -0.104. The van der Waals surface area contributed by atoms with Crippen LogP contribution in [0.25, 0.3) is 0 Å². The summed E-state index contributed by atoms with van der Waals surface area (Å²) in [5.74, 6) is 1.34. The largest absolute Gasteiger partial charge is 0.484 e. The van der Waals surface area contributed by atoms with Crippen molar-refractivity contribution in [3.63, 3.8) is 0 Å². The number of carbonyl (C=O) groups excluding carboxylic acids is 2. The van der Waals surface area contributed by atoms with Crippen LogP contribution in [-0.2, 0) is 9.59 Å². The molecule has 148 valence electrons. The molecule has 3 rings (SSSR count). The zero-order chi connectivity index (χ0) is 19.9. The van der Waals surface area contributed by atoms with E-state index in [0.29, 0.717) is 37.4 Å². The molecular formula is C21H26N4O3. The van der Waals surface area contributed by atoms with E-state index in [1.165, 1.54) is 0 Å². The van der Waals surface area contributed by atoms with Crippen LogP contribution in [0.1, 0.15) is 12.8 Å². The number of aromatic nitrogens is 1. The van der Waals surface area contributed by atoms with E-state index in [-0.39, 0.29) is 24.3 Å². The van der Waals surface area contributed by atoms with Crippen molar-refractivity contribution < 1.29 is 14.3 Å². The van der Waals surface area contributed by atoms with Crippen molar-refractivity contribution in [3.05, 3.63) is 48.7 Å². The minimum absolute atomic E-state index is 0.0186. The molecule has 28 heavy (non-hydrogen) atoms. The Hall–Kier alpha value is -3.09. The molecule has 0 unspecified atom stereocenters. The summed E-state index contributed by atoms with van der Waals surface area (Å²) < 4.78 is 5.52. The van der Waals surface area contributed by atoms with Gasteiger partial charge in [0, 0.05) is 33.1 Å². The van der Waals surface area contributed by atoms with Gasteiger partial charge in [-0.1, -0.05) is 18.2 Å². The van der Waals surface area contributed by atoms with Crippen LogP contribution >= 0.6 is 0 Å². The highest BCUT2D eigenvalue weighted by atomic mass is 16.5. The molecule has 7 heteroatoms. The second kappa shape index (κ2) is 9.21. The third-order valence-corrected chi connectivity index (χ3v) is 4.80. The molecule has 1 fully saturated rings. The summed E-state index contributed by atoms with van der Waals surface area (Å²) in [6.07, 6.45) is 2.95. The number of piperidine rings is 1. The number of para-hydroxylation sites is 1. The van der Waals surface area contributed by atoms with E-state index in [1.807, 2.05) is 61.5 Å². The zero-order valence-corrected chi connectivity index (χ0v) is 16.3. The number of ether oxygens (including phenoxy) is 1. The van der Waals surface area contributed by atoms with Crippen molar-refractivity contribution >= 4 is 23.3 Å². The molecular weight excluding hydrogens is 356 g/mol. The summed E-state index contributed by atoms with van der Waals surface area (Å²) in [5.41, 5.74) is 0.686. The first-order valence-corrected chi connectivity index (χ1v) is 9.43. The fraction of sp³-hybridized carbons (Fsp3) is 0.381. The van der Waals surface area contributed by atoms with Crippen molar-refractivity contribution in [2.45, 2.75) is 12.8 Å². The molecule has 1 aromatic heterocycles. The lowest BCUT2D eigenvalue weighted by atomic mass is 9.96. The predicted molar refractivity (Wildman–Crippen MR) is 108 cm³/mol. The van der Waals surface area contributed by atoms with Gasteiger partial charge in [0.1, 0.15) is 11.6 Å². The Balaban J connectivity index is 1.43. The Morgan fingerprint density at radius 2 is 1.86 bits per heavy atom. The van der Waals surface area contributed by atoms with Crippen molar-refractivity contribution in [1.82, 2.24) is 9.88 Å². The molecule has 0 saturated carbocycles. The van der Waals surface area contributed by atoms with Crippen LogP contribution in [-0.4, -0.2) is 55.5 Å². The van der Waals surface area contributed by atoms with Crippen molar-refractivity contribution in [2.24, 2.45) is 5.92 Å². The number of hydrogen-bond acceptors (Lipinski definition) is 5. The molecule has 1 aliphatic rings. The van der Waals surface area contributed by atoms with E-state index in [4.69, 9.17) is 4.74 Å². The van der Waals surface area contributed by atoms with E-state index >= 15 is 0 Å². The summed E-state index contributed by atoms with van der Waals surface area (Å²) in [6, 6.07) is 13.0. The van der Waals surface area contributed by atoms with Gasteiger partial charge in [-0.25, -0.2) is 4.98 Å². The first kappa shape index (κ1) is 19.7. The number of hydrogen-bond donors (Lipinski definition) is 1. The molecule has 1 saturated heterocycles. The van der Waals surface area contributed by atoms with Gasteiger partial charge in [0.2, 0.25) is 5.91 Å². The summed E-state index contributed by atoms with van der Waals surface area (Å²) in [5, 5.41) is 2.92. The van der Waals surface area contributed by atoms with E-state index in [2.05, 4.69) is 10.3 Å². The quantitative estimate of drug-likeness (QED) is 0.830. The van der Waals surface area contributed by atoms with Crippen LogP contribution in [0.2, 0.25) is 0 Å². The first-order valence-electron chi connectivity index (χ1n) is 9.43. The topological polar surface area (TPSA) is 74.8 Å². The number of benzene rings is 1. The van der Waals surface area contributed by atoms with Crippen LogP contribution in [0.4, 0.5) is 11.5 Å². The highest BCUT2D eigenvalue weighted by Crippen LogP contribution is 2.20. The van der Waals surface area contributed by atoms with Gasteiger partial charge >= 0.3 is 0 Å². The third-order valence-electron chi connectivity index (χ3n) is 4.80. The molecule has 0 atom stereocenters. The highest BCUT2D eigenvalue weighted by Gasteiger charge is 2.27. The maximum atomic E-state index is 12.5. The molecule has 2 heterocycles. The average molecular weight is 382 g/mol. The van der Waals surface area contributed by atoms with Gasteiger partial charge in [-0.05, 0) is 37.1 Å². The Morgan fingerprint density at radius 3 is 2.46 bits per heavy atom. The number of anilines is 2. The Kier molecular flexibility index (Phi) is 6.47. The fourth-order valence-electron chi connectivity index (χ4n) is 3.11. The summed E-state index contributed by atoms with van der Waals surface area (Å²) in [6.45, 7) is 1.14. The van der Waals surface area contributed by atoms with Crippen LogP contribution < -0.4 is 15.0 Å². The SMILES string of the molecule is CN(C)c1ccc(NC(=O)C2CCN(C(=O)COc3ccccc3)CC2)cn1. The molecule has 0 radical (unpaired) electrons. The summed E-state index contributed by atoms with van der Waals surface area (Å²) >= 11 is 0. The molecule has 1 aliphatic heterocycles. The molecule has 0 spiro atoms. The second-order valence-electron chi connectivity index (χ2n) is 7.05. The standard InChI is InChI=1S/C21H26N4O3/c1-24(2)19-9-8-17(14-22-19)23-21(27)16-10-12-25(13-11-16)20(26)15-28-18-6-4-3-5-7-18/h3-9,14,16H,10-13,15H2,1-2H3,(H,23,27). The number of rotatable bonds is 6. The Labute approximate surface area is 165 Å². The smallest absolute Gasteiger partial charge is 0.260 e. The van der Waals surface area contributed by atoms with Gasteiger partial charge < -0.3 is 19.9 Å². The van der Waals surface area contributed by atoms with Crippen LogP contribution in [0.3, 0.4) is 0 Å². The molecule has 0 bridgehead atoms. The molecule has 2 aromatic rings. The second-order valence-corrected chi connectivity index (χ2v) is 7.05. The number of carbonyl (C=O) groups is 2. The van der Waals surface area contributed by atoms with Gasteiger partial charge in [0.25, 0.3) is 5.91 Å². The fourth-order valence-corrected chi connectivity index (χ4v) is 3.11. The van der Waals surface area contributed by atoms with E-state index in [9.17, 15) is 9.59 Å². The van der Waals surface area contributed by atoms with Crippen molar-refractivity contribution in [1.29, 1.82) is 0 Å². The number of pyridine rings is 1. The molecule has 1 aromatic carbocycles. The van der Waals surface area contributed by atoms with E-state index in [1.54, 1.807) is 11.1 Å². The third kappa shape index (κ3) is 5.22. The van der Waals surface area contributed by atoms with Gasteiger partial charge in [0.15, 0.2) is 6.61 Å². The van der Waals surface area contributed by atoms with Crippen LogP contribution in [0.5, 0.6) is 5.75 Å². The van der Waals surface area contributed by atoms with Crippen molar-refractivity contribution in [2.75, 3.05) is 44.0 Å². The highest BCUT2D eigenvalue weighted by molar-refractivity contribution is 5.92. The van der Waals surface area contributed by atoms with E-state index in [0.717, 1.165) is 5.82 Å². The molecule has 7 nitrogen and oxygen atoms in total. The lowest BCUT2D eigenvalue weighted by Gasteiger charge is -2.31. The van der Waals surface area contributed by atoms with Gasteiger partial charge in [-0.2, -0.15) is 0 Å². The maximum Gasteiger partial charge on any atom is 0.260 e. The summed E-state index contributed by atoms with van der Waals surface area (Å²) in [7, 11) is 3.83. The monoisotopic (exact) mass is 382 g/mol. The van der Waals surface area contributed by atoms with Crippen LogP contribution in [0.15, 0.2) is 48.7 Å². The first-order chi connectivity index (χ1) is 13.5. The molecule has 2 amide bonds. The molecule has 1 N–H and O–H groups in total. The number of nitrogens with zero attached hydrogens (tertiary/aromatic N) is 3. The average Bonchev–Trinajstić information content (AvgIpc) is 2.73. The Bertz CT molecular complexity index is 785. The zero-order valence-electron chi connectivity index (χ0n) is 16.3. The maximum absolute atomic E-state index is 12.5. The van der Waals surface area contributed by atoms with Gasteiger partial charge in [0.05, 0.1) is 11.9 Å². The number of amides is 2. The molecule has 0 aliphatic carbocycles. The Morgan fingerprint density at radius 1 is 1.14 bits per heavy atom. The van der Waals surface area contributed by atoms with Gasteiger partial charge in [-0.15, -0.1) is 0 Å². The van der Waals surface area contributed by atoms with E-state index < -0.39 is 0 Å². The number of likely N-dealkylation sites (tertiary alicyclic amines) is 1. The normalized spacial score (nSPS) is 14.4. The van der Waals surface area contributed by atoms with Crippen LogP contribution in [0, 0.1) is 5.92 Å².